The zero-order chi connectivity index (χ0) is 16.8. The molecule has 1 unspecified atom stereocenters. The maximum absolute atomic E-state index is 12.5. The topological polar surface area (TPSA) is 119 Å². The number of fused-ring (bicyclic) bond motifs is 1. The fourth-order valence-corrected chi connectivity index (χ4v) is 3.09. The van der Waals surface area contributed by atoms with Crippen molar-refractivity contribution in [3.63, 3.8) is 0 Å². The van der Waals surface area contributed by atoms with Crippen LogP contribution in [0, 0.1) is 0 Å². The Hall–Kier alpha value is -3.29. The van der Waals surface area contributed by atoms with Crippen LogP contribution in [0.4, 0.5) is 11.8 Å². The highest BCUT2D eigenvalue weighted by Crippen LogP contribution is 2.42. The summed E-state index contributed by atoms with van der Waals surface area (Å²) in [5.41, 5.74) is 7.37. The molecule has 4 rings (SSSR count). The molecule has 1 aromatic carbocycles. The number of anilines is 2. The number of H-pyrrole nitrogens is 1. The number of rotatable bonds is 2. The monoisotopic (exact) mass is 326 g/mol. The molecule has 2 aliphatic rings. The molecule has 3 heterocycles. The van der Waals surface area contributed by atoms with Gasteiger partial charge in [-0.3, -0.25) is 9.78 Å². The number of nitrogen functional groups attached to an aromatic ring is 1. The maximum atomic E-state index is 12.5. The lowest BCUT2D eigenvalue weighted by atomic mass is 9.83. The summed E-state index contributed by atoms with van der Waals surface area (Å²) in [7, 11) is 1.57. The van der Waals surface area contributed by atoms with Gasteiger partial charge < -0.3 is 20.5 Å². The van der Waals surface area contributed by atoms with Gasteiger partial charge in [0.15, 0.2) is 0 Å². The Morgan fingerprint density at radius 1 is 1.29 bits per heavy atom. The van der Waals surface area contributed by atoms with E-state index in [1.54, 1.807) is 19.2 Å². The minimum atomic E-state index is -0.575. The average Bonchev–Trinajstić information content (AvgIpc) is 2.94. The van der Waals surface area contributed by atoms with Gasteiger partial charge in [0.25, 0.3) is 5.56 Å². The smallest absolute Gasteiger partial charge is 0.337 e. The van der Waals surface area contributed by atoms with Crippen molar-refractivity contribution >= 4 is 17.7 Å². The van der Waals surface area contributed by atoms with Gasteiger partial charge in [0.05, 0.1) is 29.9 Å². The minimum Gasteiger partial charge on any atom is -0.497 e. The number of carbonyl (C=O) groups is 1. The van der Waals surface area contributed by atoms with Crippen molar-refractivity contribution in [2.75, 3.05) is 24.8 Å². The second-order valence-electron chi connectivity index (χ2n) is 5.51. The normalized spacial score (nSPS) is 18.5. The molecule has 0 radical (unpaired) electrons. The van der Waals surface area contributed by atoms with Crippen LogP contribution in [-0.4, -0.2) is 29.7 Å². The number of nitrogens with one attached hydrogen (secondary N) is 2. The van der Waals surface area contributed by atoms with Gasteiger partial charge in [-0.25, -0.2) is 4.79 Å². The van der Waals surface area contributed by atoms with Gasteiger partial charge in [0.1, 0.15) is 18.2 Å². The van der Waals surface area contributed by atoms with Crippen LogP contribution in [0.1, 0.15) is 17.0 Å². The van der Waals surface area contributed by atoms with Crippen LogP contribution in [0.15, 0.2) is 40.3 Å². The summed E-state index contributed by atoms with van der Waals surface area (Å²) in [5.74, 6) is 0.0118. The molecule has 0 aliphatic carbocycles. The maximum Gasteiger partial charge on any atom is 0.337 e. The number of ether oxygens (including phenoxy) is 2. The Balaban J connectivity index is 1.95. The van der Waals surface area contributed by atoms with Gasteiger partial charge in [0, 0.05) is 0 Å². The first kappa shape index (κ1) is 14.3. The van der Waals surface area contributed by atoms with Crippen LogP contribution >= 0.6 is 0 Å². The molecule has 2 aromatic rings. The summed E-state index contributed by atoms with van der Waals surface area (Å²) in [6.07, 6.45) is 0. The van der Waals surface area contributed by atoms with Gasteiger partial charge in [-0.2, -0.15) is 4.98 Å². The van der Waals surface area contributed by atoms with Crippen molar-refractivity contribution in [2.24, 2.45) is 0 Å². The van der Waals surface area contributed by atoms with Crippen LogP contribution < -0.4 is 21.3 Å². The molecule has 8 heteroatoms. The SMILES string of the molecule is COc1ccc(C2C3=C(COC3=O)Nc3nc(N)[nH]c(=O)c32)cc1. The molecule has 0 bridgehead atoms. The van der Waals surface area contributed by atoms with Gasteiger partial charge in [-0.1, -0.05) is 12.1 Å². The lowest BCUT2D eigenvalue weighted by Crippen LogP contribution is -2.29. The zero-order valence-electron chi connectivity index (χ0n) is 12.8. The molecular weight excluding hydrogens is 312 g/mol. The zero-order valence-corrected chi connectivity index (χ0v) is 12.8. The number of benzene rings is 1. The van der Waals surface area contributed by atoms with Crippen LogP contribution in [-0.2, 0) is 9.53 Å². The van der Waals surface area contributed by atoms with Crippen LogP contribution in [0.5, 0.6) is 5.75 Å². The number of esters is 1. The standard InChI is InChI=1S/C16H14N4O4/c1-23-8-4-2-7(3-5-8)10-11-9(6-24-15(11)22)18-13-12(10)14(21)20-16(17)19-13/h2-5,10H,6H2,1H3,(H4,17,18,19,20,21). The summed E-state index contributed by atoms with van der Waals surface area (Å²) < 4.78 is 10.3. The predicted octanol–water partition coefficient (Wildman–Crippen LogP) is 0.729. The van der Waals surface area contributed by atoms with E-state index in [1.165, 1.54) is 0 Å². The van der Waals surface area contributed by atoms with Crippen molar-refractivity contribution in [3.05, 3.63) is 57.0 Å². The molecular formula is C16H14N4O4. The molecule has 0 fully saturated rings. The molecule has 8 nitrogen and oxygen atoms in total. The summed E-state index contributed by atoms with van der Waals surface area (Å²) >= 11 is 0. The van der Waals surface area contributed by atoms with E-state index < -0.39 is 17.4 Å². The number of cyclic esters (lactones) is 1. The number of hydrogen-bond donors (Lipinski definition) is 3. The number of nitrogens with two attached hydrogens (primary N) is 1. The average molecular weight is 326 g/mol. The fourth-order valence-electron chi connectivity index (χ4n) is 3.09. The summed E-state index contributed by atoms with van der Waals surface area (Å²) in [6, 6.07) is 7.17. The Bertz CT molecular complexity index is 930. The Morgan fingerprint density at radius 2 is 2.04 bits per heavy atom. The summed E-state index contributed by atoms with van der Waals surface area (Å²) in [5, 5.41) is 2.99. The number of aromatic amines is 1. The second kappa shape index (κ2) is 5.12. The lowest BCUT2D eigenvalue weighted by Gasteiger charge is -2.25. The van der Waals surface area contributed by atoms with E-state index in [9.17, 15) is 9.59 Å². The third-order valence-corrected chi connectivity index (χ3v) is 4.16. The first-order chi connectivity index (χ1) is 11.6. The number of aromatic nitrogens is 2. The third-order valence-electron chi connectivity index (χ3n) is 4.16. The fraction of sp³-hybridized carbons (Fsp3) is 0.188. The molecule has 2 aliphatic heterocycles. The minimum absolute atomic E-state index is 0.00835. The van der Waals surface area contributed by atoms with Crippen molar-refractivity contribution < 1.29 is 14.3 Å². The van der Waals surface area contributed by atoms with Gasteiger partial charge in [-0.15, -0.1) is 0 Å². The quantitative estimate of drug-likeness (QED) is 0.696. The third kappa shape index (κ3) is 2.03. The molecule has 1 atom stereocenters. The Kier molecular flexibility index (Phi) is 3.05. The molecule has 0 saturated heterocycles. The highest BCUT2D eigenvalue weighted by molar-refractivity contribution is 5.96. The van der Waals surface area contributed by atoms with Crippen molar-refractivity contribution in [2.45, 2.75) is 5.92 Å². The van der Waals surface area contributed by atoms with Crippen LogP contribution in [0.3, 0.4) is 0 Å². The largest absolute Gasteiger partial charge is 0.497 e. The second-order valence-corrected chi connectivity index (χ2v) is 5.51. The van der Waals surface area contributed by atoms with Gasteiger partial charge in [-0.05, 0) is 17.7 Å². The summed E-state index contributed by atoms with van der Waals surface area (Å²) in [6.45, 7) is 0.120. The van der Waals surface area contributed by atoms with Crippen LogP contribution in [0.25, 0.3) is 0 Å². The molecule has 24 heavy (non-hydrogen) atoms. The van der Waals surface area contributed by atoms with E-state index in [0.717, 1.165) is 5.56 Å². The molecule has 4 N–H and O–H groups in total. The van der Waals surface area contributed by atoms with E-state index in [1.807, 2.05) is 12.1 Å². The van der Waals surface area contributed by atoms with E-state index >= 15 is 0 Å². The molecule has 1 aromatic heterocycles. The van der Waals surface area contributed by atoms with E-state index in [4.69, 9.17) is 15.2 Å². The Morgan fingerprint density at radius 3 is 2.75 bits per heavy atom. The highest BCUT2D eigenvalue weighted by Gasteiger charge is 2.40. The summed E-state index contributed by atoms with van der Waals surface area (Å²) in [4.78, 5) is 31.3. The van der Waals surface area contributed by atoms with Crippen molar-refractivity contribution in [3.8, 4) is 5.75 Å². The Labute approximate surface area is 136 Å². The molecule has 0 saturated carbocycles. The molecule has 0 amide bonds. The first-order valence-electron chi connectivity index (χ1n) is 7.29. The molecule has 122 valence electrons. The van der Waals surface area contributed by atoms with Crippen LogP contribution in [0.2, 0.25) is 0 Å². The van der Waals surface area contributed by atoms with Crippen molar-refractivity contribution in [1.82, 2.24) is 9.97 Å². The lowest BCUT2D eigenvalue weighted by molar-refractivity contribution is -0.136. The van der Waals surface area contributed by atoms with E-state index in [-0.39, 0.29) is 12.6 Å². The van der Waals surface area contributed by atoms with E-state index in [2.05, 4.69) is 15.3 Å². The number of carbonyl (C=O) groups excluding carboxylic acids is 1. The van der Waals surface area contributed by atoms with Crippen molar-refractivity contribution in [1.29, 1.82) is 0 Å². The predicted molar refractivity (Wildman–Crippen MR) is 85.7 cm³/mol. The van der Waals surface area contributed by atoms with Gasteiger partial charge >= 0.3 is 5.97 Å². The first-order valence-corrected chi connectivity index (χ1v) is 7.29. The highest BCUT2D eigenvalue weighted by atomic mass is 16.5. The van der Waals surface area contributed by atoms with Gasteiger partial charge in [0.2, 0.25) is 5.95 Å². The number of methoxy groups -OCH3 is 1. The number of nitrogens with zero attached hydrogens (tertiary/aromatic N) is 1. The number of hydrogen-bond acceptors (Lipinski definition) is 7. The molecule has 0 spiro atoms. The van der Waals surface area contributed by atoms with E-state index in [0.29, 0.717) is 28.4 Å².